The van der Waals surface area contributed by atoms with Crippen LogP contribution < -0.4 is 5.32 Å². The molecule has 2 rings (SSSR count). The number of aromatic nitrogens is 1. The minimum absolute atomic E-state index is 0.0972. The van der Waals surface area contributed by atoms with Crippen LogP contribution in [0.4, 0.5) is 0 Å². The maximum absolute atomic E-state index is 5.33. The van der Waals surface area contributed by atoms with E-state index in [-0.39, 0.29) is 6.10 Å². The molecule has 1 aromatic carbocycles. The molecule has 19 heavy (non-hydrogen) atoms. The van der Waals surface area contributed by atoms with Crippen LogP contribution in [0.15, 0.2) is 30.5 Å². The lowest BCUT2D eigenvalue weighted by Crippen LogP contribution is -2.31. The summed E-state index contributed by atoms with van der Waals surface area (Å²) in [5, 5.41) is 4.73. The van der Waals surface area contributed by atoms with E-state index in [1.165, 1.54) is 16.5 Å². The molecule has 1 aromatic heterocycles. The maximum atomic E-state index is 5.33. The van der Waals surface area contributed by atoms with Crippen molar-refractivity contribution in [2.24, 2.45) is 7.05 Å². The van der Waals surface area contributed by atoms with E-state index in [0.29, 0.717) is 6.61 Å². The van der Waals surface area contributed by atoms with E-state index in [4.69, 9.17) is 9.47 Å². The van der Waals surface area contributed by atoms with Gasteiger partial charge in [0.1, 0.15) is 0 Å². The second-order valence-corrected chi connectivity index (χ2v) is 4.73. The van der Waals surface area contributed by atoms with Crippen molar-refractivity contribution in [3.63, 3.8) is 0 Å². The SMILES string of the molecule is COCC(CNCc1cn(C)c2ccccc12)OC. The first-order chi connectivity index (χ1) is 9.26. The number of rotatable bonds is 7. The van der Waals surface area contributed by atoms with Crippen molar-refractivity contribution in [2.75, 3.05) is 27.4 Å². The Morgan fingerprint density at radius 2 is 2.05 bits per heavy atom. The highest BCUT2D eigenvalue weighted by atomic mass is 16.5. The molecule has 1 N–H and O–H groups in total. The van der Waals surface area contributed by atoms with E-state index in [1.807, 2.05) is 0 Å². The van der Waals surface area contributed by atoms with Crippen LogP contribution in [0.1, 0.15) is 5.56 Å². The van der Waals surface area contributed by atoms with Crippen LogP contribution in [0.2, 0.25) is 0 Å². The molecule has 0 radical (unpaired) electrons. The maximum Gasteiger partial charge on any atom is 0.0928 e. The van der Waals surface area contributed by atoms with E-state index in [0.717, 1.165) is 13.1 Å². The van der Waals surface area contributed by atoms with Crippen molar-refractivity contribution in [3.8, 4) is 0 Å². The number of methoxy groups -OCH3 is 2. The third kappa shape index (κ3) is 3.35. The fourth-order valence-electron chi connectivity index (χ4n) is 2.33. The van der Waals surface area contributed by atoms with Gasteiger partial charge in [0.25, 0.3) is 0 Å². The van der Waals surface area contributed by atoms with Gasteiger partial charge in [-0.2, -0.15) is 0 Å². The van der Waals surface area contributed by atoms with Gasteiger partial charge in [-0.15, -0.1) is 0 Å². The highest BCUT2D eigenvalue weighted by molar-refractivity contribution is 5.83. The predicted molar refractivity (Wildman–Crippen MR) is 77.3 cm³/mol. The lowest BCUT2D eigenvalue weighted by atomic mass is 10.2. The molecule has 0 saturated carbocycles. The number of nitrogens with zero attached hydrogens (tertiary/aromatic N) is 1. The van der Waals surface area contributed by atoms with Gasteiger partial charge in [0.2, 0.25) is 0 Å². The van der Waals surface area contributed by atoms with Crippen LogP contribution >= 0.6 is 0 Å². The third-order valence-corrected chi connectivity index (χ3v) is 3.35. The first-order valence-corrected chi connectivity index (χ1v) is 6.51. The Balaban J connectivity index is 1.98. The summed E-state index contributed by atoms with van der Waals surface area (Å²) in [5.41, 5.74) is 2.57. The molecule has 1 unspecified atom stereocenters. The summed E-state index contributed by atoms with van der Waals surface area (Å²) >= 11 is 0. The minimum Gasteiger partial charge on any atom is -0.382 e. The Hall–Kier alpha value is -1.36. The van der Waals surface area contributed by atoms with Crippen molar-refractivity contribution < 1.29 is 9.47 Å². The number of para-hydroxylation sites is 1. The molecule has 4 nitrogen and oxygen atoms in total. The number of ether oxygens (including phenoxy) is 2. The second kappa shape index (κ2) is 6.70. The Labute approximate surface area is 114 Å². The molecule has 104 valence electrons. The average molecular weight is 262 g/mol. The fourth-order valence-corrected chi connectivity index (χ4v) is 2.33. The Morgan fingerprint density at radius 1 is 1.26 bits per heavy atom. The summed E-state index contributed by atoms with van der Waals surface area (Å²) in [6, 6.07) is 8.45. The van der Waals surface area contributed by atoms with Gasteiger partial charge in [0, 0.05) is 51.5 Å². The molecule has 0 fully saturated rings. The Morgan fingerprint density at radius 3 is 2.79 bits per heavy atom. The van der Waals surface area contributed by atoms with E-state index in [1.54, 1.807) is 14.2 Å². The van der Waals surface area contributed by atoms with E-state index < -0.39 is 0 Å². The second-order valence-electron chi connectivity index (χ2n) is 4.73. The van der Waals surface area contributed by atoms with Crippen molar-refractivity contribution in [1.29, 1.82) is 0 Å². The van der Waals surface area contributed by atoms with Gasteiger partial charge in [-0.25, -0.2) is 0 Å². The number of aryl methyl sites for hydroxylation is 1. The van der Waals surface area contributed by atoms with E-state index in [9.17, 15) is 0 Å². The highest BCUT2D eigenvalue weighted by Gasteiger charge is 2.08. The zero-order valence-corrected chi connectivity index (χ0v) is 11.8. The molecule has 0 spiro atoms. The molecule has 0 saturated heterocycles. The molecule has 1 atom stereocenters. The molecule has 0 aliphatic rings. The van der Waals surface area contributed by atoms with Crippen LogP contribution in [0.3, 0.4) is 0 Å². The summed E-state index contributed by atoms with van der Waals surface area (Å²) in [5.74, 6) is 0. The molecule has 4 heteroatoms. The number of benzene rings is 1. The summed E-state index contributed by atoms with van der Waals surface area (Å²) in [4.78, 5) is 0. The number of hydrogen-bond donors (Lipinski definition) is 1. The van der Waals surface area contributed by atoms with Gasteiger partial charge >= 0.3 is 0 Å². The van der Waals surface area contributed by atoms with Gasteiger partial charge in [0.05, 0.1) is 12.7 Å². The zero-order valence-electron chi connectivity index (χ0n) is 11.8. The van der Waals surface area contributed by atoms with Crippen LogP contribution in [-0.4, -0.2) is 38.0 Å². The zero-order chi connectivity index (χ0) is 13.7. The van der Waals surface area contributed by atoms with Gasteiger partial charge in [-0.05, 0) is 11.6 Å². The van der Waals surface area contributed by atoms with E-state index in [2.05, 4.69) is 47.4 Å². The molecular formula is C15H22N2O2. The molecule has 1 heterocycles. The summed E-state index contributed by atoms with van der Waals surface area (Å²) in [7, 11) is 5.48. The van der Waals surface area contributed by atoms with Gasteiger partial charge in [-0.1, -0.05) is 18.2 Å². The number of fused-ring (bicyclic) bond motifs is 1. The minimum atomic E-state index is 0.0972. The molecule has 0 amide bonds. The van der Waals surface area contributed by atoms with Crippen LogP contribution in [-0.2, 0) is 23.1 Å². The summed E-state index contributed by atoms with van der Waals surface area (Å²) in [6.45, 7) is 2.23. The molecule has 0 aliphatic carbocycles. The van der Waals surface area contributed by atoms with Gasteiger partial charge in [0.15, 0.2) is 0 Å². The van der Waals surface area contributed by atoms with Crippen molar-refractivity contribution in [1.82, 2.24) is 9.88 Å². The first-order valence-electron chi connectivity index (χ1n) is 6.51. The van der Waals surface area contributed by atoms with Crippen LogP contribution in [0, 0.1) is 0 Å². The van der Waals surface area contributed by atoms with E-state index >= 15 is 0 Å². The smallest absolute Gasteiger partial charge is 0.0928 e. The fraction of sp³-hybridized carbons (Fsp3) is 0.467. The monoisotopic (exact) mass is 262 g/mol. The van der Waals surface area contributed by atoms with Crippen molar-refractivity contribution >= 4 is 10.9 Å². The average Bonchev–Trinajstić information content (AvgIpc) is 2.75. The summed E-state index contributed by atoms with van der Waals surface area (Å²) < 4.78 is 12.6. The Bertz CT molecular complexity index is 522. The standard InChI is InChI=1S/C15H22N2O2/c1-17-10-12(14-6-4-5-7-15(14)17)8-16-9-13(19-3)11-18-2/h4-7,10,13,16H,8-9,11H2,1-3H3. The van der Waals surface area contributed by atoms with Crippen molar-refractivity contribution in [3.05, 3.63) is 36.0 Å². The van der Waals surface area contributed by atoms with Gasteiger partial charge < -0.3 is 19.4 Å². The molecule has 0 aliphatic heterocycles. The number of nitrogens with one attached hydrogen (secondary N) is 1. The number of hydrogen-bond acceptors (Lipinski definition) is 3. The normalized spacial score (nSPS) is 13.0. The van der Waals surface area contributed by atoms with Crippen LogP contribution in [0.5, 0.6) is 0 Å². The topological polar surface area (TPSA) is 35.4 Å². The quantitative estimate of drug-likeness (QED) is 0.828. The highest BCUT2D eigenvalue weighted by Crippen LogP contribution is 2.19. The molecule has 2 aromatic rings. The molecule has 0 bridgehead atoms. The largest absolute Gasteiger partial charge is 0.382 e. The molecular weight excluding hydrogens is 240 g/mol. The first kappa shape index (κ1) is 14.1. The van der Waals surface area contributed by atoms with Crippen LogP contribution in [0.25, 0.3) is 10.9 Å². The van der Waals surface area contributed by atoms with Gasteiger partial charge in [-0.3, -0.25) is 0 Å². The predicted octanol–water partition coefficient (Wildman–Crippen LogP) is 1.93. The lowest BCUT2D eigenvalue weighted by molar-refractivity contribution is 0.0288. The third-order valence-electron chi connectivity index (χ3n) is 3.35. The van der Waals surface area contributed by atoms with Crippen molar-refractivity contribution in [2.45, 2.75) is 12.6 Å². The Kier molecular flexibility index (Phi) is 4.96. The lowest BCUT2D eigenvalue weighted by Gasteiger charge is -2.14. The summed E-state index contributed by atoms with van der Waals surface area (Å²) in [6.07, 6.45) is 2.27.